The molecule has 2 aromatic carbocycles. The number of benzene rings is 2. The van der Waals surface area contributed by atoms with Crippen LogP contribution in [0.5, 0.6) is 5.75 Å². The number of fused-ring (bicyclic) bond motifs is 1. The van der Waals surface area contributed by atoms with Gasteiger partial charge in [-0.25, -0.2) is 0 Å². The molecule has 7 nitrogen and oxygen atoms in total. The second-order valence-electron chi connectivity index (χ2n) is 6.56. The first kappa shape index (κ1) is 19.2. The van der Waals surface area contributed by atoms with Gasteiger partial charge >= 0.3 is 0 Å². The quantitative estimate of drug-likeness (QED) is 0.462. The molecule has 1 aliphatic heterocycles. The van der Waals surface area contributed by atoms with Gasteiger partial charge in [-0.2, -0.15) is 0 Å². The van der Waals surface area contributed by atoms with Crippen LogP contribution in [0.3, 0.4) is 0 Å². The van der Waals surface area contributed by atoms with Crippen molar-refractivity contribution in [1.29, 1.82) is 0 Å². The number of hydrogen-bond acceptors (Lipinski definition) is 7. The first-order valence-electron chi connectivity index (χ1n) is 9.22. The summed E-state index contributed by atoms with van der Waals surface area (Å²) in [5.41, 5.74) is 2.96. The van der Waals surface area contributed by atoms with Crippen LogP contribution in [-0.2, 0) is 4.79 Å². The van der Waals surface area contributed by atoms with Crippen LogP contribution < -0.4 is 10.1 Å². The standard InChI is InChI=1S/C21H19N3O4S/c1-3-27-15-7-4-13(5-8-15)20-23-24-21(28-20)29-11-18(25)14-6-9-17-16(10-14)12(2)19(26)22-17/h4-10,12H,3,11H2,1-2H3,(H,22,26)/t12-/m0/s1. The lowest BCUT2D eigenvalue weighted by atomic mass is 9.99. The van der Waals surface area contributed by atoms with Gasteiger partial charge in [0.05, 0.1) is 18.3 Å². The fraction of sp³-hybridized carbons (Fsp3) is 0.238. The maximum absolute atomic E-state index is 12.6. The Labute approximate surface area is 171 Å². The molecule has 3 aromatic rings. The average Bonchev–Trinajstić information content (AvgIpc) is 3.32. The Morgan fingerprint density at radius 2 is 2.00 bits per heavy atom. The van der Waals surface area contributed by atoms with Crippen molar-refractivity contribution in [2.45, 2.75) is 25.0 Å². The predicted molar refractivity (Wildman–Crippen MR) is 109 cm³/mol. The lowest BCUT2D eigenvalue weighted by Crippen LogP contribution is -2.08. The largest absolute Gasteiger partial charge is 0.494 e. The Bertz CT molecular complexity index is 1060. The molecule has 1 amide bonds. The van der Waals surface area contributed by atoms with E-state index in [1.807, 2.05) is 38.1 Å². The van der Waals surface area contributed by atoms with E-state index in [1.54, 1.807) is 18.2 Å². The molecule has 0 unspecified atom stereocenters. The Morgan fingerprint density at radius 3 is 2.76 bits per heavy atom. The van der Waals surface area contributed by atoms with Crippen LogP contribution in [0.25, 0.3) is 11.5 Å². The van der Waals surface area contributed by atoms with E-state index in [0.717, 1.165) is 22.6 Å². The van der Waals surface area contributed by atoms with Crippen molar-refractivity contribution in [3.05, 3.63) is 53.6 Å². The molecule has 1 aromatic heterocycles. The van der Waals surface area contributed by atoms with Gasteiger partial charge in [-0.1, -0.05) is 11.8 Å². The summed E-state index contributed by atoms with van der Waals surface area (Å²) in [5, 5.41) is 11.2. The van der Waals surface area contributed by atoms with E-state index in [9.17, 15) is 9.59 Å². The fourth-order valence-corrected chi connectivity index (χ4v) is 3.70. The molecule has 0 radical (unpaired) electrons. The number of ether oxygens (including phenoxy) is 1. The Kier molecular flexibility index (Phi) is 5.35. The Morgan fingerprint density at radius 1 is 1.21 bits per heavy atom. The van der Waals surface area contributed by atoms with Gasteiger partial charge in [0, 0.05) is 16.8 Å². The molecule has 29 heavy (non-hydrogen) atoms. The van der Waals surface area contributed by atoms with E-state index in [1.165, 1.54) is 11.8 Å². The van der Waals surface area contributed by atoms with E-state index < -0.39 is 0 Å². The number of carbonyl (C=O) groups is 2. The van der Waals surface area contributed by atoms with E-state index in [-0.39, 0.29) is 23.4 Å². The summed E-state index contributed by atoms with van der Waals surface area (Å²) in [4.78, 5) is 24.3. The van der Waals surface area contributed by atoms with Gasteiger partial charge in [0.2, 0.25) is 11.8 Å². The van der Waals surface area contributed by atoms with Gasteiger partial charge in [0.1, 0.15) is 5.75 Å². The molecule has 148 valence electrons. The molecule has 0 spiro atoms. The molecule has 4 rings (SSSR count). The molecular weight excluding hydrogens is 390 g/mol. The molecule has 0 saturated carbocycles. The number of ketones is 1. The average molecular weight is 409 g/mol. The highest BCUT2D eigenvalue weighted by molar-refractivity contribution is 7.99. The van der Waals surface area contributed by atoms with Gasteiger partial charge < -0.3 is 14.5 Å². The van der Waals surface area contributed by atoms with E-state index in [2.05, 4.69) is 15.5 Å². The molecule has 1 N–H and O–H groups in total. The maximum Gasteiger partial charge on any atom is 0.277 e. The molecular formula is C21H19N3O4S. The van der Waals surface area contributed by atoms with Gasteiger partial charge in [-0.05, 0) is 61.9 Å². The maximum atomic E-state index is 12.6. The minimum absolute atomic E-state index is 0.0494. The summed E-state index contributed by atoms with van der Waals surface area (Å²) in [7, 11) is 0. The number of rotatable bonds is 7. The number of anilines is 1. The third-order valence-corrected chi connectivity index (χ3v) is 5.46. The molecule has 1 aliphatic rings. The monoisotopic (exact) mass is 409 g/mol. The lowest BCUT2D eigenvalue weighted by Gasteiger charge is -2.04. The Hall–Kier alpha value is -3.13. The van der Waals surface area contributed by atoms with E-state index >= 15 is 0 Å². The zero-order chi connectivity index (χ0) is 20.4. The summed E-state index contributed by atoms with van der Waals surface area (Å²) in [6, 6.07) is 12.6. The van der Waals surface area contributed by atoms with Crippen molar-refractivity contribution in [3.63, 3.8) is 0 Å². The van der Waals surface area contributed by atoms with Crippen LogP contribution in [0.1, 0.15) is 35.7 Å². The van der Waals surface area contributed by atoms with Crippen LogP contribution in [0.2, 0.25) is 0 Å². The minimum atomic E-state index is -0.252. The van der Waals surface area contributed by atoms with Crippen LogP contribution >= 0.6 is 11.8 Å². The van der Waals surface area contributed by atoms with Crippen molar-refractivity contribution in [3.8, 4) is 17.2 Å². The van der Waals surface area contributed by atoms with Crippen LogP contribution in [0.15, 0.2) is 52.1 Å². The SMILES string of the molecule is CCOc1ccc(-c2nnc(SCC(=O)c3ccc4c(c3)[C@H](C)C(=O)N4)o2)cc1. The fourth-order valence-electron chi connectivity index (χ4n) is 3.05. The topological polar surface area (TPSA) is 94.3 Å². The number of aromatic nitrogens is 2. The van der Waals surface area contributed by atoms with Gasteiger partial charge in [-0.15, -0.1) is 10.2 Å². The van der Waals surface area contributed by atoms with Gasteiger partial charge in [-0.3, -0.25) is 9.59 Å². The van der Waals surface area contributed by atoms with Gasteiger partial charge in [0.25, 0.3) is 5.22 Å². The van der Waals surface area contributed by atoms with Crippen molar-refractivity contribution in [1.82, 2.24) is 10.2 Å². The second kappa shape index (κ2) is 8.08. The zero-order valence-electron chi connectivity index (χ0n) is 16.0. The van der Waals surface area contributed by atoms with Crippen LogP contribution in [0, 0.1) is 0 Å². The van der Waals surface area contributed by atoms with Crippen molar-refractivity contribution >= 4 is 29.1 Å². The third-order valence-electron chi connectivity index (χ3n) is 4.64. The highest BCUT2D eigenvalue weighted by Crippen LogP contribution is 2.33. The smallest absolute Gasteiger partial charge is 0.277 e. The summed E-state index contributed by atoms with van der Waals surface area (Å²) >= 11 is 1.19. The first-order chi connectivity index (χ1) is 14.0. The summed E-state index contributed by atoms with van der Waals surface area (Å²) in [6.07, 6.45) is 0. The zero-order valence-corrected chi connectivity index (χ0v) is 16.8. The number of nitrogens with zero attached hydrogens (tertiary/aromatic N) is 2. The summed E-state index contributed by atoms with van der Waals surface area (Å²) < 4.78 is 11.1. The minimum Gasteiger partial charge on any atom is -0.494 e. The summed E-state index contributed by atoms with van der Waals surface area (Å²) in [5.74, 6) is 0.963. The lowest BCUT2D eigenvalue weighted by molar-refractivity contribution is -0.116. The number of nitrogens with one attached hydrogen (secondary N) is 1. The number of thioether (sulfide) groups is 1. The molecule has 1 atom stereocenters. The summed E-state index contributed by atoms with van der Waals surface area (Å²) in [6.45, 7) is 4.35. The molecule has 0 bridgehead atoms. The van der Waals surface area contributed by atoms with Crippen molar-refractivity contribution in [2.24, 2.45) is 0 Å². The highest BCUT2D eigenvalue weighted by atomic mass is 32.2. The highest BCUT2D eigenvalue weighted by Gasteiger charge is 2.27. The normalized spacial score (nSPS) is 15.1. The molecule has 0 aliphatic carbocycles. The van der Waals surface area contributed by atoms with Crippen molar-refractivity contribution in [2.75, 3.05) is 17.7 Å². The van der Waals surface area contributed by atoms with Crippen LogP contribution in [-0.4, -0.2) is 34.2 Å². The number of amides is 1. The van der Waals surface area contributed by atoms with E-state index in [0.29, 0.717) is 23.3 Å². The molecule has 8 heteroatoms. The predicted octanol–water partition coefficient (Wildman–Crippen LogP) is 4.17. The number of carbonyl (C=O) groups excluding carboxylic acids is 2. The molecule has 0 saturated heterocycles. The van der Waals surface area contributed by atoms with E-state index in [4.69, 9.17) is 9.15 Å². The second-order valence-corrected chi connectivity index (χ2v) is 7.48. The molecule has 0 fully saturated rings. The molecule has 2 heterocycles. The van der Waals surface area contributed by atoms with Crippen LogP contribution in [0.4, 0.5) is 5.69 Å². The van der Waals surface area contributed by atoms with Gasteiger partial charge in [0.15, 0.2) is 5.78 Å². The third kappa shape index (κ3) is 4.02. The number of hydrogen-bond donors (Lipinski definition) is 1. The number of Topliss-reactive ketones (excluding diaryl/α,β-unsaturated/α-hetero) is 1. The Balaban J connectivity index is 1.40. The van der Waals surface area contributed by atoms with Crippen molar-refractivity contribution < 1.29 is 18.7 Å². The first-order valence-corrected chi connectivity index (χ1v) is 10.2.